The normalized spacial score (nSPS) is 10.8. The molecule has 3 rings (SSSR count). The number of carbonyl (C=O) groups is 2. The van der Waals surface area contributed by atoms with E-state index in [2.05, 4.69) is 0 Å². The molecule has 0 spiro atoms. The molecular formula is C23H24O6. The number of benzene rings is 1. The van der Waals surface area contributed by atoms with E-state index in [1.54, 1.807) is 26.0 Å². The lowest BCUT2D eigenvalue weighted by atomic mass is 9.94. The van der Waals surface area contributed by atoms with Crippen LogP contribution in [0, 0.1) is 34.6 Å². The molecule has 6 nitrogen and oxygen atoms in total. The van der Waals surface area contributed by atoms with Gasteiger partial charge in [0.2, 0.25) is 0 Å². The summed E-state index contributed by atoms with van der Waals surface area (Å²) in [4.78, 5) is 24.6. The number of aryl methyl sites for hydroxylation is 4. The van der Waals surface area contributed by atoms with Gasteiger partial charge in [0.25, 0.3) is 0 Å². The van der Waals surface area contributed by atoms with Crippen LogP contribution in [0.25, 0.3) is 0 Å². The number of hydrogen-bond acceptors (Lipinski definition) is 6. The molecule has 152 valence electrons. The van der Waals surface area contributed by atoms with E-state index in [1.165, 1.54) is 12.5 Å². The smallest absolute Gasteiger partial charge is 0.342 e. The maximum atomic E-state index is 12.3. The van der Waals surface area contributed by atoms with Gasteiger partial charge in [-0.05, 0) is 74.6 Å². The summed E-state index contributed by atoms with van der Waals surface area (Å²) in [6.07, 6.45) is 2.92. The third kappa shape index (κ3) is 4.26. The van der Waals surface area contributed by atoms with Crippen LogP contribution in [-0.4, -0.2) is 11.9 Å². The lowest BCUT2D eigenvalue weighted by Gasteiger charge is -2.17. The SMILES string of the molecule is Cc1cc(C)c(COC(=O)c2ccoc2C)c(C)c1COC(=O)c1ccoc1C. The predicted octanol–water partition coefficient (Wildman–Crippen LogP) is 5.13. The molecule has 0 saturated carbocycles. The molecule has 6 heteroatoms. The van der Waals surface area contributed by atoms with E-state index in [0.717, 1.165) is 27.8 Å². The summed E-state index contributed by atoms with van der Waals surface area (Å²) in [5, 5.41) is 0. The van der Waals surface area contributed by atoms with Gasteiger partial charge < -0.3 is 18.3 Å². The van der Waals surface area contributed by atoms with Crippen molar-refractivity contribution < 1.29 is 27.9 Å². The second kappa shape index (κ2) is 8.39. The van der Waals surface area contributed by atoms with E-state index in [9.17, 15) is 9.59 Å². The van der Waals surface area contributed by atoms with Gasteiger partial charge in [-0.2, -0.15) is 0 Å². The molecule has 0 N–H and O–H groups in total. The van der Waals surface area contributed by atoms with Gasteiger partial charge in [0, 0.05) is 0 Å². The third-order valence-corrected chi connectivity index (χ3v) is 5.14. The number of ether oxygens (including phenoxy) is 2. The molecule has 0 unspecified atom stereocenters. The summed E-state index contributed by atoms with van der Waals surface area (Å²) in [6.45, 7) is 9.57. The van der Waals surface area contributed by atoms with Crippen LogP contribution in [0.2, 0.25) is 0 Å². The van der Waals surface area contributed by atoms with Gasteiger partial charge in [-0.15, -0.1) is 0 Å². The van der Waals surface area contributed by atoms with Gasteiger partial charge >= 0.3 is 11.9 Å². The molecule has 0 atom stereocenters. The Morgan fingerprint density at radius 2 is 1.17 bits per heavy atom. The van der Waals surface area contributed by atoms with Crippen molar-refractivity contribution in [3.8, 4) is 0 Å². The Kier molecular flexibility index (Phi) is 5.92. The molecule has 1 aromatic carbocycles. The predicted molar refractivity (Wildman–Crippen MR) is 106 cm³/mol. The molecule has 0 saturated heterocycles. The monoisotopic (exact) mass is 396 g/mol. The zero-order valence-corrected chi connectivity index (χ0v) is 17.3. The minimum Gasteiger partial charge on any atom is -0.469 e. The summed E-state index contributed by atoms with van der Waals surface area (Å²) < 4.78 is 21.3. The van der Waals surface area contributed by atoms with Crippen molar-refractivity contribution in [3.05, 3.63) is 81.2 Å². The first kappa shape index (κ1) is 20.5. The molecule has 3 aromatic rings. The van der Waals surface area contributed by atoms with Crippen molar-refractivity contribution in [3.63, 3.8) is 0 Å². The number of furan rings is 2. The highest BCUT2D eigenvalue weighted by Crippen LogP contribution is 2.25. The maximum Gasteiger partial charge on any atom is 0.342 e. The third-order valence-electron chi connectivity index (χ3n) is 5.14. The molecule has 0 fully saturated rings. The average Bonchev–Trinajstić information content (AvgIpc) is 3.28. The first-order valence-electron chi connectivity index (χ1n) is 9.30. The summed E-state index contributed by atoms with van der Waals surface area (Å²) >= 11 is 0. The van der Waals surface area contributed by atoms with Crippen LogP contribution in [-0.2, 0) is 22.7 Å². The Morgan fingerprint density at radius 3 is 1.52 bits per heavy atom. The molecule has 0 aliphatic rings. The van der Waals surface area contributed by atoms with Gasteiger partial charge in [0.15, 0.2) is 0 Å². The van der Waals surface area contributed by atoms with E-state index >= 15 is 0 Å². The lowest BCUT2D eigenvalue weighted by molar-refractivity contribution is 0.0468. The zero-order chi connectivity index (χ0) is 21.1. The minimum atomic E-state index is -0.431. The summed E-state index contributed by atoms with van der Waals surface area (Å²) in [7, 11) is 0. The lowest BCUT2D eigenvalue weighted by Crippen LogP contribution is -2.11. The van der Waals surface area contributed by atoms with Gasteiger partial charge in [0.1, 0.15) is 35.9 Å². The van der Waals surface area contributed by atoms with Crippen LogP contribution < -0.4 is 0 Å². The van der Waals surface area contributed by atoms with E-state index in [1.807, 2.05) is 26.8 Å². The fourth-order valence-electron chi connectivity index (χ4n) is 3.34. The molecule has 0 bridgehead atoms. The van der Waals surface area contributed by atoms with Crippen molar-refractivity contribution in [1.82, 2.24) is 0 Å². The first-order chi connectivity index (χ1) is 13.8. The van der Waals surface area contributed by atoms with Crippen LogP contribution in [0.4, 0.5) is 0 Å². The minimum absolute atomic E-state index is 0.128. The fraction of sp³-hybridized carbons (Fsp3) is 0.304. The number of hydrogen-bond donors (Lipinski definition) is 0. The highest BCUT2D eigenvalue weighted by atomic mass is 16.5. The Labute approximate surface area is 169 Å². The fourth-order valence-corrected chi connectivity index (χ4v) is 3.34. The summed E-state index contributed by atoms with van der Waals surface area (Å²) in [5.74, 6) is 0.182. The number of rotatable bonds is 6. The second-order valence-electron chi connectivity index (χ2n) is 7.03. The van der Waals surface area contributed by atoms with Gasteiger partial charge in [0.05, 0.1) is 12.5 Å². The Balaban J connectivity index is 1.75. The molecule has 0 amide bonds. The van der Waals surface area contributed by atoms with Crippen LogP contribution in [0.5, 0.6) is 0 Å². The molecule has 0 radical (unpaired) electrons. The highest BCUT2D eigenvalue weighted by Gasteiger charge is 2.18. The summed E-state index contributed by atoms with van der Waals surface area (Å²) in [5.41, 5.74) is 5.59. The van der Waals surface area contributed by atoms with Crippen molar-refractivity contribution in [2.45, 2.75) is 47.8 Å². The molecule has 0 aliphatic heterocycles. The van der Waals surface area contributed by atoms with E-state index in [0.29, 0.717) is 22.6 Å². The molecule has 0 aliphatic carbocycles. The van der Waals surface area contributed by atoms with Crippen LogP contribution >= 0.6 is 0 Å². The van der Waals surface area contributed by atoms with Crippen LogP contribution in [0.3, 0.4) is 0 Å². The first-order valence-corrected chi connectivity index (χ1v) is 9.30. The van der Waals surface area contributed by atoms with Gasteiger partial charge in [-0.3, -0.25) is 0 Å². The maximum absolute atomic E-state index is 12.3. The molecule has 29 heavy (non-hydrogen) atoms. The Hall–Kier alpha value is -3.28. The standard InChI is InChI=1S/C23H24O6/c1-13-10-14(2)21(12-29-23(25)19-7-9-27-17(19)5)15(3)20(13)11-28-22(24)18-6-8-26-16(18)4/h6-10H,11-12H2,1-5H3. The van der Waals surface area contributed by atoms with Crippen LogP contribution in [0.15, 0.2) is 39.6 Å². The molecule has 2 heterocycles. The van der Waals surface area contributed by atoms with Crippen molar-refractivity contribution in [1.29, 1.82) is 0 Å². The highest BCUT2D eigenvalue weighted by molar-refractivity contribution is 5.90. The molecular weight excluding hydrogens is 372 g/mol. The quantitative estimate of drug-likeness (QED) is 0.538. The van der Waals surface area contributed by atoms with Crippen molar-refractivity contribution in [2.24, 2.45) is 0 Å². The van der Waals surface area contributed by atoms with Crippen molar-refractivity contribution >= 4 is 11.9 Å². The zero-order valence-electron chi connectivity index (χ0n) is 17.3. The average molecular weight is 396 g/mol. The topological polar surface area (TPSA) is 78.9 Å². The Morgan fingerprint density at radius 1 is 0.759 bits per heavy atom. The largest absolute Gasteiger partial charge is 0.469 e. The van der Waals surface area contributed by atoms with E-state index in [4.69, 9.17) is 18.3 Å². The number of esters is 2. The van der Waals surface area contributed by atoms with Gasteiger partial charge in [-0.1, -0.05) is 6.07 Å². The van der Waals surface area contributed by atoms with E-state index < -0.39 is 11.9 Å². The summed E-state index contributed by atoms with van der Waals surface area (Å²) in [6, 6.07) is 5.19. The Bertz CT molecular complexity index is 973. The second-order valence-corrected chi connectivity index (χ2v) is 7.03. The van der Waals surface area contributed by atoms with Crippen LogP contribution in [0.1, 0.15) is 60.1 Å². The van der Waals surface area contributed by atoms with Crippen molar-refractivity contribution in [2.75, 3.05) is 0 Å². The van der Waals surface area contributed by atoms with E-state index in [-0.39, 0.29) is 13.2 Å². The number of carbonyl (C=O) groups excluding carboxylic acids is 2. The molecule has 2 aromatic heterocycles. The van der Waals surface area contributed by atoms with Gasteiger partial charge in [-0.25, -0.2) is 9.59 Å².